The predicted molar refractivity (Wildman–Crippen MR) is 62.6 cm³/mol. The van der Waals surface area contributed by atoms with E-state index < -0.39 is 5.54 Å². The first-order chi connectivity index (χ1) is 7.74. The van der Waals surface area contributed by atoms with Crippen molar-refractivity contribution in [2.24, 2.45) is 17.6 Å². The fourth-order valence-corrected chi connectivity index (χ4v) is 3.42. The summed E-state index contributed by atoms with van der Waals surface area (Å²) in [5, 5.41) is 9.36. The first-order valence-electron chi connectivity index (χ1n) is 6.01. The van der Waals surface area contributed by atoms with Crippen molar-refractivity contribution in [2.75, 3.05) is 0 Å². The molecule has 2 aliphatic rings. The van der Waals surface area contributed by atoms with Gasteiger partial charge in [-0.2, -0.15) is 5.26 Å². The lowest BCUT2D eigenvalue weighted by Gasteiger charge is -2.27. The van der Waals surface area contributed by atoms with E-state index in [-0.39, 0.29) is 0 Å². The number of benzene rings is 1. The molecule has 2 bridgehead atoms. The van der Waals surface area contributed by atoms with Gasteiger partial charge in [0.15, 0.2) is 0 Å². The van der Waals surface area contributed by atoms with Gasteiger partial charge in [-0.1, -0.05) is 24.3 Å². The number of fused-ring (bicyclic) bond motifs is 3. The summed E-state index contributed by atoms with van der Waals surface area (Å²) < 4.78 is 0. The highest BCUT2D eigenvalue weighted by atomic mass is 14.8. The van der Waals surface area contributed by atoms with Crippen molar-refractivity contribution in [3.63, 3.8) is 0 Å². The number of nitriles is 1. The van der Waals surface area contributed by atoms with Gasteiger partial charge < -0.3 is 5.73 Å². The molecule has 1 saturated carbocycles. The maximum atomic E-state index is 9.36. The van der Waals surface area contributed by atoms with Crippen molar-refractivity contribution < 1.29 is 0 Å². The highest BCUT2D eigenvalue weighted by molar-refractivity contribution is 5.34. The van der Waals surface area contributed by atoms with E-state index in [0.29, 0.717) is 11.8 Å². The van der Waals surface area contributed by atoms with Gasteiger partial charge in [-0.3, -0.25) is 0 Å². The second kappa shape index (κ2) is 3.33. The van der Waals surface area contributed by atoms with Crippen molar-refractivity contribution in [3.8, 4) is 6.07 Å². The Bertz CT molecular complexity index is 425. The molecule has 2 nitrogen and oxygen atoms in total. The highest BCUT2D eigenvalue weighted by Gasteiger charge is 2.49. The molecule has 1 aromatic rings. The molecular weight excluding hydrogens is 196 g/mol. The van der Waals surface area contributed by atoms with Crippen molar-refractivity contribution in [1.82, 2.24) is 0 Å². The maximum Gasteiger partial charge on any atom is 0.110 e. The van der Waals surface area contributed by atoms with E-state index in [2.05, 4.69) is 30.3 Å². The molecule has 0 aromatic heterocycles. The Morgan fingerprint density at radius 3 is 2.06 bits per heavy atom. The standard InChI is InChI=1S/C14H16N2/c15-9-14(16)12-5-6-13(14)8-11-4-2-1-3-10(11)7-12/h1-4,12-13H,5-8,16H2. The van der Waals surface area contributed by atoms with Crippen molar-refractivity contribution in [2.45, 2.75) is 31.2 Å². The Hall–Kier alpha value is -1.33. The summed E-state index contributed by atoms with van der Waals surface area (Å²) in [5.74, 6) is 0.706. The molecule has 0 saturated heterocycles. The summed E-state index contributed by atoms with van der Waals surface area (Å²) in [6.07, 6.45) is 4.19. The van der Waals surface area contributed by atoms with E-state index in [0.717, 1.165) is 25.7 Å². The molecule has 2 heteroatoms. The Balaban J connectivity index is 2.07. The third-order valence-electron chi connectivity index (χ3n) is 4.46. The van der Waals surface area contributed by atoms with Gasteiger partial charge in [0.1, 0.15) is 5.54 Å². The molecule has 0 spiro atoms. The van der Waals surface area contributed by atoms with E-state index in [9.17, 15) is 5.26 Å². The van der Waals surface area contributed by atoms with Gasteiger partial charge >= 0.3 is 0 Å². The summed E-state index contributed by atoms with van der Waals surface area (Å²) in [4.78, 5) is 0. The normalized spacial score (nSPS) is 36.2. The van der Waals surface area contributed by atoms with Crippen LogP contribution in [0.5, 0.6) is 0 Å². The van der Waals surface area contributed by atoms with Gasteiger partial charge in [0, 0.05) is 0 Å². The zero-order chi connectivity index (χ0) is 11.2. The van der Waals surface area contributed by atoms with Gasteiger partial charge in [0.25, 0.3) is 0 Å². The fraction of sp³-hybridized carbons (Fsp3) is 0.500. The Labute approximate surface area is 96.1 Å². The topological polar surface area (TPSA) is 49.8 Å². The average Bonchev–Trinajstić information content (AvgIpc) is 2.52. The van der Waals surface area contributed by atoms with Gasteiger partial charge in [-0.05, 0) is 48.6 Å². The number of hydrogen-bond donors (Lipinski definition) is 1. The minimum atomic E-state index is -0.584. The van der Waals surface area contributed by atoms with Crippen molar-refractivity contribution in [1.29, 1.82) is 5.26 Å². The number of rotatable bonds is 0. The molecule has 0 heterocycles. The Morgan fingerprint density at radius 2 is 1.62 bits per heavy atom. The molecule has 1 aromatic carbocycles. The quantitative estimate of drug-likeness (QED) is 0.715. The number of nitrogens with two attached hydrogens (primary N) is 1. The molecule has 2 atom stereocenters. The lowest BCUT2D eigenvalue weighted by Crippen LogP contribution is -2.48. The van der Waals surface area contributed by atoms with Crippen LogP contribution in [0, 0.1) is 23.2 Å². The summed E-state index contributed by atoms with van der Waals surface area (Å²) in [5.41, 5.74) is 8.55. The molecule has 82 valence electrons. The van der Waals surface area contributed by atoms with Crippen LogP contribution in [-0.4, -0.2) is 5.54 Å². The number of hydrogen-bond acceptors (Lipinski definition) is 2. The van der Waals surface area contributed by atoms with Crippen LogP contribution in [0.15, 0.2) is 24.3 Å². The van der Waals surface area contributed by atoms with E-state index in [4.69, 9.17) is 5.73 Å². The smallest absolute Gasteiger partial charge is 0.110 e. The van der Waals surface area contributed by atoms with Gasteiger partial charge in [-0.25, -0.2) is 0 Å². The van der Waals surface area contributed by atoms with E-state index in [1.165, 1.54) is 11.1 Å². The zero-order valence-corrected chi connectivity index (χ0v) is 9.32. The zero-order valence-electron chi connectivity index (χ0n) is 9.32. The molecule has 0 amide bonds. The first kappa shape index (κ1) is 9.86. The van der Waals surface area contributed by atoms with Crippen molar-refractivity contribution >= 4 is 0 Å². The monoisotopic (exact) mass is 212 g/mol. The third-order valence-corrected chi connectivity index (χ3v) is 4.46. The molecule has 16 heavy (non-hydrogen) atoms. The molecule has 2 unspecified atom stereocenters. The second-order valence-corrected chi connectivity index (χ2v) is 5.19. The van der Waals surface area contributed by atoms with Crippen LogP contribution in [0.25, 0.3) is 0 Å². The lowest BCUT2D eigenvalue weighted by molar-refractivity contribution is 0.329. The van der Waals surface area contributed by atoms with Crippen LogP contribution in [0.1, 0.15) is 24.0 Å². The largest absolute Gasteiger partial charge is 0.313 e. The van der Waals surface area contributed by atoms with Crippen LogP contribution < -0.4 is 5.73 Å². The van der Waals surface area contributed by atoms with Gasteiger partial charge in [0.2, 0.25) is 0 Å². The van der Waals surface area contributed by atoms with Gasteiger partial charge in [-0.15, -0.1) is 0 Å². The van der Waals surface area contributed by atoms with Crippen molar-refractivity contribution in [3.05, 3.63) is 35.4 Å². The lowest BCUT2D eigenvalue weighted by atomic mass is 9.81. The molecule has 0 aliphatic heterocycles. The highest BCUT2D eigenvalue weighted by Crippen LogP contribution is 2.45. The molecular formula is C14H16N2. The Morgan fingerprint density at radius 1 is 1.12 bits per heavy atom. The number of nitrogens with zero attached hydrogens (tertiary/aromatic N) is 1. The minimum Gasteiger partial charge on any atom is -0.313 e. The van der Waals surface area contributed by atoms with E-state index in [1.54, 1.807) is 0 Å². The van der Waals surface area contributed by atoms with Crippen LogP contribution in [-0.2, 0) is 12.8 Å². The van der Waals surface area contributed by atoms with Crippen LogP contribution >= 0.6 is 0 Å². The fourth-order valence-electron chi connectivity index (χ4n) is 3.42. The minimum absolute atomic E-state index is 0.353. The summed E-state index contributed by atoms with van der Waals surface area (Å²) >= 11 is 0. The summed E-state index contributed by atoms with van der Waals surface area (Å²) in [6, 6.07) is 10.9. The first-order valence-corrected chi connectivity index (χ1v) is 6.01. The molecule has 3 rings (SSSR count). The average molecular weight is 212 g/mol. The van der Waals surface area contributed by atoms with Gasteiger partial charge in [0.05, 0.1) is 6.07 Å². The molecule has 1 fully saturated rings. The molecule has 0 radical (unpaired) electrons. The molecule has 2 N–H and O–H groups in total. The van der Waals surface area contributed by atoms with Crippen LogP contribution in [0.2, 0.25) is 0 Å². The van der Waals surface area contributed by atoms with E-state index >= 15 is 0 Å². The van der Waals surface area contributed by atoms with Crippen LogP contribution in [0.3, 0.4) is 0 Å². The SMILES string of the molecule is N#CC1(N)C2CCC1Cc1ccccc1C2. The third kappa shape index (κ3) is 1.22. The summed E-state index contributed by atoms with van der Waals surface area (Å²) in [7, 11) is 0. The summed E-state index contributed by atoms with van der Waals surface area (Å²) in [6.45, 7) is 0. The van der Waals surface area contributed by atoms with Crippen LogP contribution in [0.4, 0.5) is 0 Å². The van der Waals surface area contributed by atoms with E-state index in [1.807, 2.05) is 0 Å². The molecule has 2 aliphatic carbocycles. The second-order valence-electron chi connectivity index (χ2n) is 5.19. The predicted octanol–water partition coefficient (Wildman–Crippen LogP) is 2.03. The maximum absolute atomic E-state index is 9.36. The Kier molecular flexibility index (Phi) is 2.05.